The molecule has 0 fully saturated rings. The highest BCUT2D eigenvalue weighted by Crippen LogP contribution is 2.31. The molecule has 142 valence electrons. The van der Waals surface area contributed by atoms with Gasteiger partial charge >= 0.3 is 0 Å². The highest BCUT2D eigenvalue weighted by molar-refractivity contribution is 6.10. The SMILES string of the molecule is CCn1c2ccccc2c2cc(NC(=O)C(C)Oc3ccccc3C)ccc21. The van der Waals surface area contributed by atoms with Crippen LogP contribution < -0.4 is 10.1 Å². The van der Waals surface area contributed by atoms with Crippen molar-refractivity contribution < 1.29 is 9.53 Å². The quantitative estimate of drug-likeness (QED) is 0.501. The Morgan fingerprint density at radius 2 is 1.71 bits per heavy atom. The van der Waals surface area contributed by atoms with Crippen LogP contribution in [0.15, 0.2) is 66.7 Å². The Labute approximate surface area is 164 Å². The number of fused-ring (bicyclic) bond motifs is 3. The molecule has 4 aromatic rings. The van der Waals surface area contributed by atoms with Crippen molar-refractivity contribution in [2.24, 2.45) is 0 Å². The number of nitrogens with zero attached hydrogens (tertiary/aromatic N) is 1. The Hall–Kier alpha value is -3.27. The maximum Gasteiger partial charge on any atom is 0.265 e. The van der Waals surface area contributed by atoms with Gasteiger partial charge in [-0.05, 0) is 56.7 Å². The molecule has 4 heteroatoms. The van der Waals surface area contributed by atoms with Crippen LogP contribution in [0.4, 0.5) is 5.69 Å². The molecule has 1 N–H and O–H groups in total. The van der Waals surface area contributed by atoms with Gasteiger partial charge in [-0.3, -0.25) is 4.79 Å². The third kappa shape index (κ3) is 3.22. The number of benzene rings is 3. The summed E-state index contributed by atoms with van der Waals surface area (Å²) in [7, 11) is 0. The number of carbonyl (C=O) groups excluding carboxylic acids is 1. The fourth-order valence-electron chi connectivity index (χ4n) is 3.65. The van der Waals surface area contributed by atoms with E-state index in [1.807, 2.05) is 49.4 Å². The minimum Gasteiger partial charge on any atom is -0.481 e. The average Bonchev–Trinajstić information content (AvgIpc) is 3.02. The molecule has 4 nitrogen and oxygen atoms in total. The summed E-state index contributed by atoms with van der Waals surface area (Å²) in [6.45, 7) is 6.78. The summed E-state index contributed by atoms with van der Waals surface area (Å²) in [6, 6.07) is 22.1. The van der Waals surface area contributed by atoms with Gasteiger partial charge in [0.1, 0.15) is 5.75 Å². The number of para-hydroxylation sites is 2. The van der Waals surface area contributed by atoms with E-state index < -0.39 is 6.10 Å². The number of hydrogen-bond acceptors (Lipinski definition) is 2. The molecular formula is C24H24N2O2. The number of anilines is 1. The molecule has 0 aliphatic heterocycles. The molecule has 0 aliphatic carbocycles. The highest BCUT2D eigenvalue weighted by atomic mass is 16.5. The van der Waals surface area contributed by atoms with Crippen molar-refractivity contribution in [2.45, 2.75) is 33.4 Å². The number of aryl methyl sites for hydroxylation is 2. The topological polar surface area (TPSA) is 43.3 Å². The summed E-state index contributed by atoms with van der Waals surface area (Å²) in [5.41, 5.74) is 4.17. The van der Waals surface area contributed by atoms with Crippen LogP contribution in [0.5, 0.6) is 5.75 Å². The van der Waals surface area contributed by atoms with Gasteiger partial charge in [0, 0.05) is 34.0 Å². The lowest BCUT2D eigenvalue weighted by molar-refractivity contribution is -0.122. The second-order valence-electron chi connectivity index (χ2n) is 7.01. The van der Waals surface area contributed by atoms with E-state index in [0.29, 0.717) is 0 Å². The van der Waals surface area contributed by atoms with Crippen molar-refractivity contribution in [3.63, 3.8) is 0 Å². The van der Waals surface area contributed by atoms with Crippen molar-refractivity contribution in [2.75, 3.05) is 5.32 Å². The molecular weight excluding hydrogens is 348 g/mol. The van der Waals surface area contributed by atoms with Gasteiger partial charge in [-0.25, -0.2) is 0 Å². The lowest BCUT2D eigenvalue weighted by Gasteiger charge is -2.16. The zero-order chi connectivity index (χ0) is 19.7. The summed E-state index contributed by atoms with van der Waals surface area (Å²) in [5, 5.41) is 5.33. The Morgan fingerprint density at radius 3 is 2.50 bits per heavy atom. The Kier molecular flexibility index (Phi) is 4.78. The number of amides is 1. The van der Waals surface area contributed by atoms with Gasteiger partial charge in [-0.1, -0.05) is 36.4 Å². The molecule has 1 aromatic heterocycles. The first-order valence-corrected chi connectivity index (χ1v) is 9.62. The standard InChI is InChI=1S/C24H24N2O2/c1-4-26-21-11-7-6-10-19(21)20-15-18(13-14-22(20)26)25-24(27)17(3)28-23-12-8-5-9-16(23)2/h5-15,17H,4H2,1-3H3,(H,25,27). The van der Waals surface area contributed by atoms with Crippen LogP contribution in [0.2, 0.25) is 0 Å². The van der Waals surface area contributed by atoms with Gasteiger partial charge in [0.15, 0.2) is 6.10 Å². The normalized spacial score (nSPS) is 12.2. The number of hydrogen-bond donors (Lipinski definition) is 1. The molecule has 28 heavy (non-hydrogen) atoms. The predicted molar refractivity (Wildman–Crippen MR) is 115 cm³/mol. The molecule has 0 bridgehead atoms. The highest BCUT2D eigenvalue weighted by Gasteiger charge is 2.17. The Balaban J connectivity index is 1.60. The summed E-state index contributed by atoms with van der Waals surface area (Å²) >= 11 is 0. The van der Waals surface area contributed by atoms with Crippen LogP contribution >= 0.6 is 0 Å². The first kappa shape index (κ1) is 18.1. The average molecular weight is 372 g/mol. The predicted octanol–water partition coefficient (Wildman–Crippen LogP) is 5.53. The van der Waals surface area contributed by atoms with Crippen molar-refractivity contribution in [1.82, 2.24) is 4.57 Å². The van der Waals surface area contributed by atoms with Crippen LogP contribution in [0.3, 0.4) is 0 Å². The molecule has 1 amide bonds. The fraction of sp³-hybridized carbons (Fsp3) is 0.208. The van der Waals surface area contributed by atoms with Crippen LogP contribution in [-0.2, 0) is 11.3 Å². The lowest BCUT2D eigenvalue weighted by atomic mass is 10.1. The summed E-state index contributed by atoms with van der Waals surface area (Å²) in [5.74, 6) is 0.563. The monoisotopic (exact) mass is 372 g/mol. The minimum absolute atomic E-state index is 0.165. The van der Waals surface area contributed by atoms with Gasteiger partial charge in [0.2, 0.25) is 0 Å². The summed E-state index contributed by atoms with van der Waals surface area (Å²) in [4.78, 5) is 12.6. The van der Waals surface area contributed by atoms with Gasteiger partial charge in [0.25, 0.3) is 5.91 Å². The van der Waals surface area contributed by atoms with Gasteiger partial charge in [-0.15, -0.1) is 0 Å². The van der Waals surface area contributed by atoms with E-state index in [1.54, 1.807) is 6.92 Å². The summed E-state index contributed by atoms with van der Waals surface area (Å²) < 4.78 is 8.13. The molecule has 0 aliphatic rings. The first-order valence-electron chi connectivity index (χ1n) is 9.62. The molecule has 1 heterocycles. The van der Waals surface area contributed by atoms with Gasteiger partial charge in [-0.2, -0.15) is 0 Å². The molecule has 4 rings (SSSR count). The molecule has 0 radical (unpaired) electrons. The minimum atomic E-state index is -0.589. The van der Waals surface area contributed by atoms with Crippen LogP contribution in [0, 0.1) is 6.92 Å². The van der Waals surface area contributed by atoms with E-state index in [9.17, 15) is 4.79 Å². The third-order valence-electron chi connectivity index (χ3n) is 5.12. The number of aromatic nitrogens is 1. The van der Waals surface area contributed by atoms with Crippen LogP contribution in [0.1, 0.15) is 19.4 Å². The van der Waals surface area contributed by atoms with Crippen molar-refractivity contribution in [3.05, 3.63) is 72.3 Å². The largest absolute Gasteiger partial charge is 0.481 e. The first-order chi connectivity index (χ1) is 13.6. The number of nitrogens with one attached hydrogen (secondary N) is 1. The zero-order valence-electron chi connectivity index (χ0n) is 16.4. The zero-order valence-corrected chi connectivity index (χ0v) is 16.4. The van der Waals surface area contributed by atoms with Crippen molar-refractivity contribution in [3.8, 4) is 5.75 Å². The number of carbonyl (C=O) groups is 1. The Morgan fingerprint density at radius 1 is 1.00 bits per heavy atom. The lowest BCUT2D eigenvalue weighted by Crippen LogP contribution is -2.30. The molecule has 0 saturated carbocycles. The molecule has 1 unspecified atom stereocenters. The molecule has 0 spiro atoms. The van der Waals surface area contributed by atoms with Gasteiger partial charge < -0.3 is 14.6 Å². The van der Waals surface area contributed by atoms with E-state index >= 15 is 0 Å². The van der Waals surface area contributed by atoms with Crippen molar-refractivity contribution >= 4 is 33.4 Å². The maximum atomic E-state index is 12.6. The van der Waals surface area contributed by atoms with Crippen molar-refractivity contribution in [1.29, 1.82) is 0 Å². The maximum absolute atomic E-state index is 12.6. The second kappa shape index (κ2) is 7.39. The van der Waals surface area contributed by atoms with Gasteiger partial charge in [0.05, 0.1) is 0 Å². The Bertz CT molecular complexity index is 1160. The molecule has 3 aromatic carbocycles. The van der Waals surface area contributed by atoms with E-state index in [1.165, 1.54) is 16.4 Å². The van der Waals surface area contributed by atoms with E-state index in [4.69, 9.17) is 4.74 Å². The van der Waals surface area contributed by atoms with Crippen LogP contribution in [0.25, 0.3) is 21.8 Å². The smallest absolute Gasteiger partial charge is 0.265 e. The number of ether oxygens (including phenoxy) is 1. The second-order valence-corrected chi connectivity index (χ2v) is 7.01. The number of rotatable bonds is 5. The van der Waals surface area contributed by atoms with Crippen LogP contribution in [-0.4, -0.2) is 16.6 Å². The van der Waals surface area contributed by atoms with E-state index in [2.05, 4.69) is 41.1 Å². The third-order valence-corrected chi connectivity index (χ3v) is 5.12. The molecule has 0 saturated heterocycles. The van der Waals surface area contributed by atoms with E-state index in [-0.39, 0.29) is 5.91 Å². The van der Waals surface area contributed by atoms with E-state index in [0.717, 1.165) is 28.9 Å². The fourth-order valence-corrected chi connectivity index (χ4v) is 3.65. The summed E-state index contributed by atoms with van der Waals surface area (Å²) in [6.07, 6.45) is -0.589. The molecule has 1 atom stereocenters.